The fraction of sp³-hybridized carbons (Fsp3) is 0.185. The number of anilines is 3. The number of hydrogen-bond acceptors (Lipinski definition) is 8. The highest BCUT2D eigenvalue weighted by molar-refractivity contribution is 6.65. The number of Topliss-reactive ketones (excluding diaryl/α,β-unsaturated/α-hetero) is 1. The van der Waals surface area contributed by atoms with Gasteiger partial charge in [-0.25, -0.2) is 14.6 Å². The van der Waals surface area contributed by atoms with Crippen molar-refractivity contribution in [3.05, 3.63) is 83.9 Å². The number of aromatic amines is 1. The van der Waals surface area contributed by atoms with E-state index in [0.717, 1.165) is 12.2 Å². The molecule has 0 fully saturated rings. The van der Waals surface area contributed by atoms with Crippen LogP contribution in [0.1, 0.15) is 24.1 Å². The van der Waals surface area contributed by atoms with Crippen LogP contribution in [-0.2, 0) is 20.7 Å². The highest BCUT2D eigenvalue weighted by atomic mass is 16.5. The van der Waals surface area contributed by atoms with Gasteiger partial charge in [-0.05, 0) is 24.1 Å². The normalized spacial score (nSPS) is 13.1. The molecule has 6 N–H and O–H groups in total. The van der Waals surface area contributed by atoms with Crippen molar-refractivity contribution in [1.82, 2.24) is 5.32 Å². The van der Waals surface area contributed by atoms with Gasteiger partial charge in [0, 0.05) is 12.5 Å². The number of ketones is 1. The highest BCUT2D eigenvalue weighted by Gasteiger charge is 2.20. The molecule has 3 aromatic rings. The summed E-state index contributed by atoms with van der Waals surface area (Å²) in [6, 6.07) is 23.4. The molecule has 1 aliphatic heterocycles. The van der Waals surface area contributed by atoms with E-state index in [-0.39, 0.29) is 12.6 Å². The van der Waals surface area contributed by atoms with Crippen molar-refractivity contribution in [2.45, 2.75) is 19.4 Å². The number of aromatic nitrogens is 1. The first-order valence-corrected chi connectivity index (χ1v) is 12.0. The van der Waals surface area contributed by atoms with Gasteiger partial charge in [0.2, 0.25) is 17.4 Å². The molecule has 0 spiro atoms. The van der Waals surface area contributed by atoms with Crippen LogP contribution in [0.3, 0.4) is 0 Å². The molecule has 0 saturated heterocycles. The first-order valence-electron chi connectivity index (χ1n) is 12.0. The van der Waals surface area contributed by atoms with Gasteiger partial charge in [-0.1, -0.05) is 60.7 Å². The maximum absolute atomic E-state index is 11.6. The second-order valence-electron chi connectivity index (χ2n) is 8.17. The smallest absolute Gasteiger partial charge is 0.411 e. The molecule has 1 aliphatic rings. The lowest BCUT2D eigenvalue weighted by molar-refractivity contribution is -0.342. The molecule has 39 heavy (non-hydrogen) atoms. The quantitative estimate of drug-likeness (QED) is 0.336. The van der Waals surface area contributed by atoms with E-state index in [9.17, 15) is 24.3 Å². The number of carboxylic acid groups (broad SMARTS) is 1. The Labute approximate surface area is 224 Å². The summed E-state index contributed by atoms with van der Waals surface area (Å²) in [5.74, 6) is -1.35. The maximum Gasteiger partial charge on any atom is 0.411 e. The van der Waals surface area contributed by atoms with E-state index in [1.54, 1.807) is 13.0 Å². The van der Waals surface area contributed by atoms with Crippen LogP contribution in [0.25, 0.3) is 0 Å². The monoisotopic (exact) mass is 532 g/mol. The zero-order valence-corrected chi connectivity index (χ0v) is 21.1. The Bertz CT molecular complexity index is 1350. The third-order valence-corrected chi connectivity index (χ3v) is 5.37. The van der Waals surface area contributed by atoms with Gasteiger partial charge < -0.3 is 25.7 Å². The van der Waals surface area contributed by atoms with Crippen LogP contribution < -0.4 is 31.8 Å². The number of nitrogens with zero attached hydrogens (tertiary/aromatic N) is 1. The molecule has 0 aliphatic carbocycles. The van der Waals surface area contributed by atoms with Crippen LogP contribution in [0.5, 0.6) is 0 Å². The Kier molecular flexibility index (Phi) is 10.1. The average molecular weight is 533 g/mol. The predicted octanol–water partition coefficient (Wildman–Crippen LogP) is 1.52. The predicted molar refractivity (Wildman–Crippen MR) is 142 cm³/mol. The lowest BCUT2D eigenvalue weighted by Gasteiger charge is -2.17. The number of ether oxygens (including phenoxy) is 1. The van der Waals surface area contributed by atoms with Gasteiger partial charge in [0.05, 0.1) is 19.1 Å². The van der Waals surface area contributed by atoms with Crippen LogP contribution in [0.2, 0.25) is 0 Å². The minimum absolute atomic E-state index is 0.0584. The number of amides is 3. The van der Waals surface area contributed by atoms with E-state index >= 15 is 0 Å². The van der Waals surface area contributed by atoms with Crippen molar-refractivity contribution in [2.24, 2.45) is 4.99 Å². The van der Waals surface area contributed by atoms with Crippen LogP contribution in [0, 0.1) is 0 Å². The van der Waals surface area contributed by atoms with E-state index in [4.69, 9.17) is 10.5 Å². The number of rotatable bonds is 8. The first kappa shape index (κ1) is 28.3. The van der Waals surface area contributed by atoms with Gasteiger partial charge in [-0.2, -0.15) is 4.99 Å². The van der Waals surface area contributed by atoms with E-state index in [0.29, 0.717) is 18.1 Å². The van der Waals surface area contributed by atoms with Crippen molar-refractivity contribution in [3.63, 3.8) is 0 Å². The fourth-order valence-corrected chi connectivity index (χ4v) is 3.56. The second-order valence-corrected chi connectivity index (χ2v) is 8.17. The molecule has 0 radical (unpaired) electrons. The van der Waals surface area contributed by atoms with Gasteiger partial charge >= 0.3 is 12.1 Å². The molecule has 12 heteroatoms. The van der Waals surface area contributed by atoms with E-state index in [2.05, 4.69) is 44.9 Å². The minimum Gasteiger partial charge on any atom is -0.543 e. The summed E-state index contributed by atoms with van der Waals surface area (Å²) in [6.45, 7) is 1.72. The summed E-state index contributed by atoms with van der Waals surface area (Å²) in [4.78, 5) is 48.7. The van der Waals surface area contributed by atoms with Gasteiger partial charge in [0.25, 0.3) is 0 Å². The fourth-order valence-electron chi connectivity index (χ4n) is 3.56. The van der Waals surface area contributed by atoms with Crippen molar-refractivity contribution in [2.75, 3.05) is 29.5 Å². The molecule has 4 rings (SSSR count). The zero-order chi connectivity index (χ0) is 28.2. The third kappa shape index (κ3) is 8.67. The first-order chi connectivity index (χ1) is 18.8. The molecule has 3 amide bonds. The van der Waals surface area contributed by atoms with Crippen molar-refractivity contribution < 1.29 is 34.0 Å². The summed E-state index contributed by atoms with van der Waals surface area (Å²) in [7, 11) is 0. The molecule has 1 unspecified atom stereocenters. The van der Waals surface area contributed by atoms with Crippen LogP contribution >= 0.6 is 0 Å². The highest BCUT2D eigenvalue weighted by Crippen LogP contribution is 2.23. The number of carbonyl (C=O) groups excluding carboxylic acids is 4. The van der Waals surface area contributed by atoms with E-state index < -0.39 is 29.6 Å². The number of pyridine rings is 1. The summed E-state index contributed by atoms with van der Waals surface area (Å²) in [6.07, 6.45) is 0.288. The lowest BCUT2D eigenvalue weighted by Crippen LogP contribution is -2.46. The molecule has 2 aromatic carbocycles. The van der Waals surface area contributed by atoms with Crippen molar-refractivity contribution in [1.29, 1.82) is 0 Å². The lowest BCUT2D eigenvalue weighted by atomic mass is 9.99. The number of aliphatic imine (C=N–C) groups is 1. The number of carbonyl (C=O) groups is 4. The van der Waals surface area contributed by atoms with Gasteiger partial charge in [-0.15, -0.1) is 0 Å². The number of carboxylic acids is 1. The van der Waals surface area contributed by atoms with Gasteiger partial charge in [0.15, 0.2) is 0 Å². The van der Waals surface area contributed by atoms with E-state index in [1.807, 2.05) is 47.8 Å². The van der Waals surface area contributed by atoms with Crippen LogP contribution in [-0.4, -0.2) is 42.7 Å². The number of urea groups is 1. The molecule has 1 aromatic heterocycles. The van der Waals surface area contributed by atoms with Gasteiger partial charge in [-0.3, -0.25) is 15.4 Å². The molecular weight excluding hydrogens is 504 g/mol. The molecule has 202 valence electrons. The Morgan fingerprint density at radius 2 is 1.74 bits per heavy atom. The topological polar surface area (TPSA) is 189 Å². The molecule has 0 saturated carbocycles. The van der Waals surface area contributed by atoms with Gasteiger partial charge in [0.1, 0.15) is 17.4 Å². The average Bonchev–Trinajstić information content (AvgIpc) is 2.93. The molecular formula is C27H28N6O6. The van der Waals surface area contributed by atoms with Crippen LogP contribution in [0.15, 0.2) is 77.8 Å². The molecule has 12 nitrogen and oxygen atoms in total. The molecule has 2 heterocycles. The number of aliphatic carboxylic acids is 1. The Balaban J connectivity index is 0.000000320. The minimum atomic E-state index is -1.72. The number of nitrogens with one attached hydrogen (secondary N) is 4. The summed E-state index contributed by atoms with van der Waals surface area (Å²) in [5.41, 5.74) is 8.14. The van der Waals surface area contributed by atoms with Crippen LogP contribution in [0.4, 0.5) is 26.9 Å². The summed E-state index contributed by atoms with van der Waals surface area (Å²) in [5, 5.41) is 18.2. The zero-order valence-electron chi connectivity index (χ0n) is 21.1. The second kappa shape index (κ2) is 13.9. The summed E-state index contributed by atoms with van der Waals surface area (Å²) < 4.78 is 4.88. The van der Waals surface area contributed by atoms with E-state index in [1.165, 1.54) is 11.1 Å². The number of hydrogen-bond donors (Lipinski definition) is 4. The standard InChI is InChI=1S/C22H24N4O2.C5H4N2O4/c1-2-28-22(27)25-18-13-14-20(26-21(18)23)24-19(17-11-7-4-8-12-17)15-16-9-5-3-6-10-16;8-2-1-6-5(11)7-3(2)4(9)10/h3-14,19H,2,15H2,1H3,(H,25,27)(H3,23,24,26);1H2,(H,6,11)(H,9,10). The van der Waals surface area contributed by atoms with Crippen molar-refractivity contribution in [3.8, 4) is 0 Å². The third-order valence-electron chi connectivity index (χ3n) is 5.37. The SMILES string of the molecule is CCOC(=O)Nc1ccc(NC(Cc2ccccc2)c2ccccc2)[nH+]c1N.O=C1N=C(C(=O)[O-])C(=O)CN1. The number of nitrogen functional groups attached to an aromatic ring is 1. The number of nitrogens with two attached hydrogens (primary N) is 1. The Morgan fingerprint density at radius 1 is 1.08 bits per heavy atom. The largest absolute Gasteiger partial charge is 0.543 e. The van der Waals surface area contributed by atoms with Crippen molar-refractivity contribution >= 4 is 46.9 Å². The number of benzene rings is 2. The molecule has 1 atom stereocenters. The Morgan fingerprint density at radius 3 is 2.33 bits per heavy atom. The number of H-pyrrole nitrogens is 1. The summed E-state index contributed by atoms with van der Waals surface area (Å²) >= 11 is 0. The molecule has 0 bridgehead atoms. The Hall–Kier alpha value is -5.26. The maximum atomic E-state index is 11.6.